The maximum atomic E-state index is 12.4. The van der Waals surface area contributed by atoms with Crippen molar-refractivity contribution in [3.8, 4) is 0 Å². The molecule has 23 heavy (non-hydrogen) atoms. The van der Waals surface area contributed by atoms with E-state index < -0.39 is 0 Å². The number of aliphatic hydroxyl groups is 1. The van der Waals surface area contributed by atoms with Crippen molar-refractivity contribution in [2.45, 2.75) is 59.4 Å². The topological polar surface area (TPSA) is 78.6 Å². The number of urea groups is 1. The van der Waals surface area contributed by atoms with Crippen LogP contribution >= 0.6 is 0 Å². The maximum Gasteiger partial charge on any atom is 0.317 e. The Hall–Kier alpha value is -1.56. The predicted octanol–water partition coefficient (Wildman–Crippen LogP) is 2.49. The van der Waals surface area contributed by atoms with Gasteiger partial charge in [0.2, 0.25) is 0 Å². The highest BCUT2D eigenvalue weighted by molar-refractivity contribution is 5.74. The van der Waals surface area contributed by atoms with Crippen molar-refractivity contribution in [1.82, 2.24) is 15.4 Å². The van der Waals surface area contributed by atoms with E-state index in [-0.39, 0.29) is 18.1 Å². The zero-order chi connectivity index (χ0) is 16.9. The van der Waals surface area contributed by atoms with Gasteiger partial charge in [0, 0.05) is 38.2 Å². The van der Waals surface area contributed by atoms with Crippen molar-refractivity contribution in [2.24, 2.45) is 5.41 Å². The Bertz CT molecular complexity index is 492. The molecule has 2 N–H and O–H groups in total. The second kappa shape index (κ2) is 7.81. The van der Waals surface area contributed by atoms with Crippen LogP contribution in [0.5, 0.6) is 0 Å². The number of aliphatic hydroxyl groups excluding tert-OH is 1. The quantitative estimate of drug-likeness (QED) is 0.843. The molecule has 0 atom stereocenters. The Morgan fingerprint density at radius 1 is 1.30 bits per heavy atom. The second-order valence-corrected chi connectivity index (χ2v) is 6.40. The number of amides is 2. The van der Waals surface area contributed by atoms with Gasteiger partial charge in [-0.1, -0.05) is 25.9 Å². The van der Waals surface area contributed by atoms with E-state index in [1.807, 2.05) is 18.7 Å². The van der Waals surface area contributed by atoms with Gasteiger partial charge < -0.3 is 19.8 Å². The van der Waals surface area contributed by atoms with E-state index in [2.05, 4.69) is 17.4 Å². The molecule has 0 bridgehead atoms. The van der Waals surface area contributed by atoms with Gasteiger partial charge in [-0.05, 0) is 31.1 Å². The van der Waals surface area contributed by atoms with E-state index in [1.165, 1.54) is 0 Å². The molecule has 0 spiro atoms. The fraction of sp³-hybridized carbons (Fsp3) is 0.765. The molecule has 0 aliphatic carbocycles. The molecule has 0 aromatic carbocycles. The van der Waals surface area contributed by atoms with Gasteiger partial charge in [-0.2, -0.15) is 0 Å². The lowest BCUT2D eigenvalue weighted by atomic mass is 9.77. The van der Waals surface area contributed by atoms with Crippen molar-refractivity contribution in [1.29, 1.82) is 0 Å². The van der Waals surface area contributed by atoms with Crippen molar-refractivity contribution < 1.29 is 14.4 Å². The molecule has 1 fully saturated rings. The van der Waals surface area contributed by atoms with Crippen LogP contribution in [0.15, 0.2) is 4.52 Å². The molecule has 1 saturated heterocycles. The summed E-state index contributed by atoms with van der Waals surface area (Å²) in [5, 5.41) is 16.6. The van der Waals surface area contributed by atoms with E-state index in [4.69, 9.17) is 4.52 Å². The van der Waals surface area contributed by atoms with Crippen LogP contribution in [-0.2, 0) is 19.4 Å². The zero-order valence-electron chi connectivity index (χ0n) is 14.5. The third-order valence-corrected chi connectivity index (χ3v) is 5.22. The fourth-order valence-corrected chi connectivity index (χ4v) is 3.22. The summed E-state index contributed by atoms with van der Waals surface area (Å²) in [6, 6.07) is -0.0436. The maximum absolute atomic E-state index is 12.4. The fourth-order valence-electron chi connectivity index (χ4n) is 3.22. The molecule has 6 nitrogen and oxygen atoms in total. The lowest BCUT2D eigenvalue weighted by molar-refractivity contribution is 0.0519. The van der Waals surface area contributed by atoms with Gasteiger partial charge in [0.1, 0.15) is 5.76 Å². The van der Waals surface area contributed by atoms with E-state index in [1.54, 1.807) is 0 Å². The molecule has 1 aromatic heterocycles. The summed E-state index contributed by atoms with van der Waals surface area (Å²) >= 11 is 0. The number of nitrogens with zero attached hydrogens (tertiary/aromatic N) is 2. The second-order valence-electron chi connectivity index (χ2n) is 6.40. The molecule has 2 amide bonds. The van der Waals surface area contributed by atoms with Gasteiger partial charge in [-0.25, -0.2) is 4.79 Å². The number of carbonyl (C=O) groups excluding carboxylic acids is 1. The predicted molar refractivity (Wildman–Crippen MR) is 88.1 cm³/mol. The average molecular weight is 323 g/mol. The number of likely N-dealkylation sites (tertiary alicyclic amines) is 1. The number of carbonyl (C=O) groups is 1. The molecule has 130 valence electrons. The molecular weight excluding hydrogens is 294 g/mol. The van der Waals surface area contributed by atoms with Crippen molar-refractivity contribution in [3.63, 3.8) is 0 Å². The summed E-state index contributed by atoms with van der Waals surface area (Å²) in [7, 11) is 0. The molecule has 1 aliphatic heterocycles. The Balaban J connectivity index is 1.90. The summed E-state index contributed by atoms with van der Waals surface area (Å²) < 4.78 is 5.33. The van der Waals surface area contributed by atoms with Crippen LogP contribution in [0.25, 0.3) is 0 Å². The first-order chi connectivity index (χ1) is 11.1. The average Bonchev–Trinajstić information content (AvgIpc) is 3.01. The first-order valence-electron chi connectivity index (χ1n) is 8.69. The Morgan fingerprint density at radius 3 is 2.52 bits per heavy atom. The number of rotatable bonds is 6. The van der Waals surface area contributed by atoms with Crippen LogP contribution in [0.1, 0.15) is 57.1 Å². The van der Waals surface area contributed by atoms with Crippen LogP contribution in [0.3, 0.4) is 0 Å². The highest BCUT2D eigenvalue weighted by atomic mass is 16.5. The number of aryl methyl sites for hydroxylation is 2. The minimum Gasteiger partial charge on any atom is -0.396 e. The Kier molecular flexibility index (Phi) is 6.04. The number of piperidine rings is 1. The van der Waals surface area contributed by atoms with Gasteiger partial charge in [0.25, 0.3) is 0 Å². The number of nitrogens with one attached hydrogen (secondary N) is 1. The van der Waals surface area contributed by atoms with E-state index in [0.717, 1.165) is 49.1 Å². The van der Waals surface area contributed by atoms with Crippen LogP contribution < -0.4 is 5.32 Å². The molecule has 0 saturated carbocycles. The lowest BCUT2D eigenvalue weighted by Gasteiger charge is -2.40. The van der Waals surface area contributed by atoms with Gasteiger partial charge in [0.15, 0.2) is 0 Å². The first-order valence-corrected chi connectivity index (χ1v) is 8.69. The van der Waals surface area contributed by atoms with Gasteiger partial charge in [-0.3, -0.25) is 0 Å². The van der Waals surface area contributed by atoms with Crippen LogP contribution in [0.4, 0.5) is 4.79 Å². The van der Waals surface area contributed by atoms with Crippen LogP contribution in [0.2, 0.25) is 0 Å². The summed E-state index contributed by atoms with van der Waals surface area (Å²) in [6.45, 7) is 8.23. The minimum atomic E-state index is -0.0436. The van der Waals surface area contributed by atoms with Crippen molar-refractivity contribution in [3.05, 3.63) is 17.0 Å². The van der Waals surface area contributed by atoms with Crippen molar-refractivity contribution in [2.75, 3.05) is 19.7 Å². The van der Waals surface area contributed by atoms with Crippen LogP contribution in [-0.4, -0.2) is 40.9 Å². The molecule has 1 aliphatic rings. The highest BCUT2D eigenvalue weighted by Gasteiger charge is 2.33. The summed E-state index contributed by atoms with van der Waals surface area (Å²) in [4.78, 5) is 14.2. The normalized spacial score (nSPS) is 17.3. The van der Waals surface area contributed by atoms with Gasteiger partial charge >= 0.3 is 6.03 Å². The Morgan fingerprint density at radius 2 is 2.00 bits per heavy atom. The van der Waals surface area contributed by atoms with Crippen LogP contribution in [0, 0.1) is 5.41 Å². The van der Waals surface area contributed by atoms with Crippen molar-refractivity contribution >= 4 is 6.03 Å². The lowest BCUT2D eigenvalue weighted by Crippen LogP contribution is -2.48. The molecule has 0 unspecified atom stereocenters. The van der Waals surface area contributed by atoms with E-state index in [0.29, 0.717) is 19.6 Å². The number of aromatic nitrogens is 1. The summed E-state index contributed by atoms with van der Waals surface area (Å²) in [5.74, 6) is 0.853. The summed E-state index contributed by atoms with van der Waals surface area (Å²) in [5.41, 5.74) is 1.93. The van der Waals surface area contributed by atoms with E-state index >= 15 is 0 Å². The molecule has 0 radical (unpaired) electrons. The zero-order valence-corrected chi connectivity index (χ0v) is 14.5. The summed E-state index contributed by atoms with van der Waals surface area (Å²) in [6.07, 6.45) is 4.26. The number of hydrogen-bond acceptors (Lipinski definition) is 4. The minimum absolute atomic E-state index is 0.00395. The molecule has 6 heteroatoms. The SMILES string of the molecule is CCc1noc(CC)c1CNC(=O)N1CCC(CC)(CO)CC1. The van der Waals surface area contributed by atoms with E-state index in [9.17, 15) is 9.90 Å². The molecule has 1 aromatic rings. The third kappa shape index (κ3) is 3.86. The third-order valence-electron chi connectivity index (χ3n) is 5.22. The standard InChI is InChI=1S/C17H29N3O3/c1-4-14-13(15(5-2)23-19-14)11-18-16(22)20-9-7-17(6-3,12-21)8-10-20/h21H,4-12H2,1-3H3,(H,18,22). The van der Waals surface area contributed by atoms with Gasteiger partial charge in [-0.15, -0.1) is 0 Å². The molecule has 2 rings (SSSR count). The first kappa shape index (κ1) is 17.8. The monoisotopic (exact) mass is 323 g/mol. The Labute approximate surface area is 138 Å². The van der Waals surface area contributed by atoms with Gasteiger partial charge in [0.05, 0.1) is 5.69 Å². The smallest absolute Gasteiger partial charge is 0.317 e. The largest absolute Gasteiger partial charge is 0.396 e. The molecular formula is C17H29N3O3. The highest BCUT2D eigenvalue weighted by Crippen LogP contribution is 2.34. The number of hydrogen-bond donors (Lipinski definition) is 2. The molecule has 2 heterocycles.